The van der Waals surface area contributed by atoms with Crippen molar-refractivity contribution in [1.29, 1.82) is 0 Å². The second kappa shape index (κ2) is 4.54. The first-order valence-corrected chi connectivity index (χ1v) is 7.06. The van der Waals surface area contributed by atoms with Crippen LogP contribution in [0.2, 0.25) is 0 Å². The normalized spacial score (nSPS) is 11.5. The van der Waals surface area contributed by atoms with Gasteiger partial charge in [0.05, 0.1) is 23.3 Å². The van der Waals surface area contributed by atoms with E-state index in [1.54, 1.807) is 26.8 Å². The molecule has 2 aromatic heterocycles. The number of sulfonamides is 1. The van der Waals surface area contributed by atoms with Crippen molar-refractivity contribution in [2.45, 2.75) is 25.7 Å². The minimum absolute atomic E-state index is 0.142. The third-order valence-electron chi connectivity index (χ3n) is 2.72. The van der Waals surface area contributed by atoms with Crippen molar-refractivity contribution in [2.24, 2.45) is 0 Å². The zero-order valence-electron chi connectivity index (χ0n) is 10.9. The van der Waals surface area contributed by atoms with Gasteiger partial charge in [0.2, 0.25) is 0 Å². The Hall–Kier alpha value is -2.09. The number of aromatic amines is 1. The van der Waals surface area contributed by atoms with Gasteiger partial charge in [-0.05, 0) is 32.4 Å². The lowest BCUT2D eigenvalue weighted by Gasteiger charge is -2.08. The summed E-state index contributed by atoms with van der Waals surface area (Å²) in [7, 11) is -3.71. The molecule has 19 heavy (non-hydrogen) atoms. The number of hydrogen-bond donors (Lipinski definition) is 3. The van der Waals surface area contributed by atoms with Crippen LogP contribution in [0, 0.1) is 20.8 Å². The van der Waals surface area contributed by atoms with Gasteiger partial charge < -0.3 is 5.73 Å². The lowest BCUT2D eigenvalue weighted by molar-refractivity contribution is 0.600. The number of nitrogens with zero attached hydrogens (tertiary/aromatic N) is 2. The molecule has 0 radical (unpaired) electrons. The molecule has 102 valence electrons. The molecule has 0 saturated heterocycles. The molecule has 0 aliphatic heterocycles. The smallest absolute Gasteiger partial charge is 0.266 e. The van der Waals surface area contributed by atoms with Crippen LogP contribution in [0.15, 0.2) is 17.2 Å². The fourth-order valence-electron chi connectivity index (χ4n) is 1.75. The number of nitrogens with one attached hydrogen (secondary N) is 2. The largest absolute Gasteiger partial charge is 0.397 e. The van der Waals surface area contributed by atoms with Gasteiger partial charge in [-0.15, -0.1) is 0 Å². The number of pyridine rings is 1. The van der Waals surface area contributed by atoms with Gasteiger partial charge >= 0.3 is 0 Å². The Morgan fingerprint density at radius 1 is 1.32 bits per heavy atom. The van der Waals surface area contributed by atoms with Crippen molar-refractivity contribution < 1.29 is 8.42 Å². The molecule has 0 aliphatic rings. The molecule has 0 aliphatic carbocycles. The van der Waals surface area contributed by atoms with Crippen LogP contribution in [0.3, 0.4) is 0 Å². The van der Waals surface area contributed by atoms with Crippen LogP contribution in [0.4, 0.5) is 11.5 Å². The van der Waals surface area contributed by atoms with Crippen molar-refractivity contribution in [3.63, 3.8) is 0 Å². The maximum absolute atomic E-state index is 12.3. The summed E-state index contributed by atoms with van der Waals surface area (Å²) in [5.41, 5.74) is 7.81. The quantitative estimate of drug-likeness (QED) is 0.780. The number of aromatic nitrogens is 3. The van der Waals surface area contributed by atoms with E-state index in [0.29, 0.717) is 17.1 Å². The first kappa shape index (κ1) is 13.3. The number of nitrogens with two attached hydrogens (primary N) is 1. The van der Waals surface area contributed by atoms with Crippen molar-refractivity contribution in [3.05, 3.63) is 29.2 Å². The van der Waals surface area contributed by atoms with Crippen LogP contribution < -0.4 is 10.5 Å². The van der Waals surface area contributed by atoms with E-state index < -0.39 is 10.0 Å². The summed E-state index contributed by atoms with van der Waals surface area (Å²) in [5.74, 6) is 0.228. The van der Waals surface area contributed by atoms with Gasteiger partial charge in [0.25, 0.3) is 10.0 Å². The van der Waals surface area contributed by atoms with E-state index in [1.807, 2.05) is 0 Å². The van der Waals surface area contributed by atoms with Crippen LogP contribution in [-0.4, -0.2) is 23.6 Å². The van der Waals surface area contributed by atoms with E-state index in [2.05, 4.69) is 19.9 Å². The first-order valence-electron chi connectivity index (χ1n) is 5.58. The number of aryl methyl sites for hydroxylation is 3. The third-order valence-corrected chi connectivity index (χ3v) is 4.34. The summed E-state index contributed by atoms with van der Waals surface area (Å²) in [4.78, 5) is 4.09. The molecule has 4 N–H and O–H groups in total. The summed E-state index contributed by atoms with van der Waals surface area (Å²) >= 11 is 0. The van der Waals surface area contributed by atoms with Gasteiger partial charge in [-0.3, -0.25) is 9.82 Å². The first-order chi connectivity index (χ1) is 8.81. The Labute approximate surface area is 111 Å². The van der Waals surface area contributed by atoms with E-state index in [9.17, 15) is 8.42 Å². The lowest BCUT2D eigenvalue weighted by Crippen LogP contribution is -2.15. The minimum Gasteiger partial charge on any atom is -0.397 e. The summed E-state index contributed by atoms with van der Waals surface area (Å²) < 4.78 is 26.9. The predicted octanol–water partition coefficient (Wildman–Crippen LogP) is 1.11. The molecule has 0 spiro atoms. The van der Waals surface area contributed by atoms with Crippen LogP contribution in [0.5, 0.6) is 0 Å². The number of nitrogen functional groups attached to an aromatic ring is 1. The molecule has 0 aromatic carbocycles. The molecule has 0 saturated carbocycles. The molecule has 0 fully saturated rings. The highest BCUT2D eigenvalue weighted by Gasteiger charge is 2.22. The van der Waals surface area contributed by atoms with E-state index in [4.69, 9.17) is 5.73 Å². The number of anilines is 2. The van der Waals surface area contributed by atoms with Gasteiger partial charge in [0.1, 0.15) is 10.7 Å². The number of rotatable bonds is 3. The summed E-state index contributed by atoms with van der Waals surface area (Å²) in [6.07, 6.45) is 1.42. The molecule has 2 heterocycles. The zero-order chi connectivity index (χ0) is 14.2. The molecule has 0 amide bonds. The topological polar surface area (TPSA) is 114 Å². The Morgan fingerprint density at radius 3 is 2.53 bits per heavy atom. The predicted molar refractivity (Wildman–Crippen MR) is 72.3 cm³/mol. The molecule has 2 aromatic rings. The highest BCUT2D eigenvalue weighted by Crippen LogP contribution is 2.21. The van der Waals surface area contributed by atoms with Crippen LogP contribution >= 0.6 is 0 Å². The summed E-state index contributed by atoms with van der Waals surface area (Å²) in [6.45, 7) is 5.05. The highest BCUT2D eigenvalue weighted by atomic mass is 32.2. The van der Waals surface area contributed by atoms with Gasteiger partial charge in [0, 0.05) is 0 Å². The highest BCUT2D eigenvalue weighted by molar-refractivity contribution is 7.92. The molecule has 7 nitrogen and oxygen atoms in total. The number of H-pyrrole nitrogens is 1. The third kappa shape index (κ3) is 2.53. The zero-order valence-corrected chi connectivity index (χ0v) is 11.7. The molecule has 2 rings (SSSR count). The van der Waals surface area contributed by atoms with Crippen molar-refractivity contribution in [2.75, 3.05) is 10.5 Å². The van der Waals surface area contributed by atoms with Crippen LogP contribution in [-0.2, 0) is 10.0 Å². The Morgan fingerprint density at radius 2 is 2.00 bits per heavy atom. The average Bonchev–Trinajstić information content (AvgIpc) is 2.64. The molecule has 0 bridgehead atoms. The van der Waals surface area contributed by atoms with Gasteiger partial charge in [-0.1, -0.05) is 0 Å². The maximum atomic E-state index is 12.3. The fraction of sp³-hybridized carbons (Fsp3) is 0.273. The molecular weight excluding hydrogens is 266 g/mol. The van der Waals surface area contributed by atoms with Crippen LogP contribution in [0.25, 0.3) is 0 Å². The van der Waals surface area contributed by atoms with E-state index in [1.165, 1.54) is 6.20 Å². The second-order valence-corrected chi connectivity index (χ2v) is 5.91. The van der Waals surface area contributed by atoms with Gasteiger partial charge in [-0.25, -0.2) is 13.4 Å². The summed E-state index contributed by atoms with van der Waals surface area (Å²) in [5, 5.41) is 6.51. The number of hydrogen-bond acceptors (Lipinski definition) is 5. The monoisotopic (exact) mass is 281 g/mol. The molecule has 8 heteroatoms. The lowest BCUT2D eigenvalue weighted by atomic mass is 10.2. The Balaban J connectivity index is 2.39. The second-order valence-electron chi connectivity index (χ2n) is 4.29. The van der Waals surface area contributed by atoms with E-state index in [0.717, 1.165) is 5.56 Å². The van der Waals surface area contributed by atoms with E-state index in [-0.39, 0.29) is 10.7 Å². The van der Waals surface area contributed by atoms with Crippen molar-refractivity contribution >= 4 is 21.5 Å². The van der Waals surface area contributed by atoms with Gasteiger partial charge in [-0.2, -0.15) is 5.10 Å². The fourth-order valence-corrected chi connectivity index (χ4v) is 3.12. The minimum atomic E-state index is -3.71. The summed E-state index contributed by atoms with van der Waals surface area (Å²) in [6, 6.07) is 1.58. The average molecular weight is 281 g/mol. The SMILES string of the molecule is Cc1cc(NS(=O)(=O)c2c(C)n[nH]c2C)ncc1N. The standard InChI is InChI=1S/C11H15N5O2S/c1-6-4-10(13-5-9(6)12)16-19(17,18)11-7(2)14-15-8(11)3/h4-5H,12H2,1-3H3,(H,13,16)(H,14,15). The van der Waals surface area contributed by atoms with Gasteiger partial charge in [0.15, 0.2) is 0 Å². The van der Waals surface area contributed by atoms with E-state index >= 15 is 0 Å². The Bertz CT molecular complexity index is 701. The van der Waals surface area contributed by atoms with Crippen LogP contribution in [0.1, 0.15) is 17.0 Å². The van der Waals surface area contributed by atoms with Crippen molar-refractivity contribution in [3.8, 4) is 0 Å². The maximum Gasteiger partial charge on any atom is 0.266 e. The Kier molecular flexibility index (Phi) is 3.19. The molecule has 0 atom stereocenters. The molecular formula is C11H15N5O2S. The van der Waals surface area contributed by atoms with Crippen molar-refractivity contribution in [1.82, 2.24) is 15.2 Å². The molecule has 0 unspecified atom stereocenters.